The maximum absolute atomic E-state index is 13.9. The number of hydrogen-bond acceptors (Lipinski definition) is 2. The highest BCUT2D eigenvalue weighted by molar-refractivity contribution is 5.49. The fourth-order valence-corrected chi connectivity index (χ4v) is 1.99. The Hall–Kier alpha value is -1.09. The van der Waals surface area contributed by atoms with Gasteiger partial charge in [0.05, 0.1) is 18.3 Å². The van der Waals surface area contributed by atoms with Crippen molar-refractivity contribution in [2.45, 2.75) is 32.3 Å². The minimum Gasteiger partial charge on any atom is -0.496 e. The molecule has 1 aromatic carbocycles. The third-order valence-corrected chi connectivity index (χ3v) is 2.98. The molecule has 3 heteroatoms. The zero-order chi connectivity index (χ0) is 11.2. The second-order valence-electron chi connectivity index (χ2n) is 4.26. The molecule has 1 aliphatic rings. The Bertz CT molecular complexity index is 409. The lowest BCUT2D eigenvalue weighted by Gasteiger charge is -2.18. The highest BCUT2D eigenvalue weighted by Gasteiger charge is 2.47. The number of ether oxygens (including phenoxy) is 1. The van der Waals surface area contributed by atoms with Crippen LogP contribution in [0.3, 0.4) is 0 Å². The largest absolute Gasteiger partial charge is 0.496 e. The Kier molecular flexibility index (Phi) is 2.23. The predicted octanol–water partition coefficient (Wildman–Crippen LogP) is 2.43. The van der Waals surface area contributed by atoms with Gasteiger partial charge in [-0.05, 0) is 43.9 Å². The second kappa shape index (κ2) is 3.20. The van der Waals surface area contributed by atoms with Gasteiger partial charge in [-0.2, -0.15) is 0 Å². The predicted molar refractivity (Wildman–Crippen MR) is 55.6 cm³/mol. The highest BCUT2D eigenvalue weighted by Crippen LogP contribution is 2.51. The van der Waals surface area contributed by atoms with Crippen LogP contribution in [0.25, 0.3) is 0 Å². The van der Waals surface area contributed by atoms with E-state index in [1.165, 1.54) is 7.11 Å². The van der Waals surface area contributed by atoms with Crippen molar-refractivity contribution in [3.8, 4) is 5.75 Å². The van der Waals surface area contributed by atoms with Crippen molar-refractivity contribution in [3.63, 3.8) is 0 Å². The summed E-state index contributed by atoms with van der Waals surface area (Å²) < 4.78 is 19.1. The van der Waals surface area contributed by atoms with Crippen LogP contribution in [0.2, 0.25) is 0 Å². The van der Waals surface area contributed by atoms with Gasteiger partial charge in [0, 0.05) is 0 Å². The molecule has 0 unspecified atom stereocenters. The van der Waals surface area contributed by atoms with Crippen molar-refractivity contribution in [2.24, 2.45) is 0 Å². The Morgan fingerprint density at radius 3 is 2.40 bits per heavy atom. The summed E-state index contributed by atoms with van der Waals surface area (Å²) >= 11 is 0. The molecule has 1 fully saturated rings. The molecule has 0 amide bonds. The molecule has 0 bridgehead atoms. The first-order chi connectivity index (χ1) is 6.99. The smallest absolute Gasteiger partial charge is 0.135 e. The molecule has 0 radical (unpaired) electrons. The third kappa shape index (κ3) is 1.51. The molecule has 0 saturated heterocycles. The average Bonchev–Trinajstić information content (AvgIpc) is 2.90. The standard InChI is InChI=1S/C12H15FO2/c1-7-6-8(2)11(15-3)9(10(7)13)12(14)4-5-12/h6,14H,4-5H2,1-3H3. The Morgan fingerprint density at radius 2 is 1.93 bits per heavy atom. The molecule has 15 heavy (non-hydrogen) atoms. The van der Waals surface area contributed by atoms with E-state index in [1.54, 1.807) is 13.0 Å². The Labute approximate surface area is 88.7 Å². The molecule has 82 valence electrons. The van der Waals surface area contributed by atoms with Crippen molar-refractivity contribution >= 4 is 0 Å². The third-order valence-electron chi connectivity index (χ3n) is 2.98. The lowest BCUT2D eigenvalue weighted by molar-refractivity contribution is 0.142. The molecular formula is C12H15FO2. The lowest BCUT2D eigenvalue weighted by atomic mass is 9.99. The number of methoxy groups -OCH3 is 1. The topological polar surface area (TPSA) is 29.5 Å². The van der Waals surface area contributed by atoms with E-state index in [2.05, 4.69) is 0 Å². The van der Waals surface area contributed by atoms with Crippen molar-refractivity contribution in [1.82, 2.24) is 0 Å². The van der Waals surface area contributed by atoms with Gasteiger partial charge in [0.2, 0.25) is 0 Å². The quantitative estimate of drug-likeness (QED) is 0.812. The summed E-state index contributed by atoms with van der Waals surface area (Å²) in [6, 6.07) is 1.74. The maximum atomic E-state index is 13.9. The van der Waals surface area contributed by atoms with E-state index >= 15 is 0 Å². The van der Waals surface area contributed by atoms with Gasteiger partial charge in [-0.1, -0.05) is 0 Å². The zero-order valence-corrected chi connectivity index (χ0v) is 9.22. The Morgan fingerprint density at radius 1 is 1.33 bits per heavy atom. The van der Waals surface area contributed by atoms with E-state index in [-0.39, 0.29) is 5.82 Å². The molecule has 0 aromatic heterocycles. The average molecular weight is 210 g/mol. The van der Waals surface area contributed by atoms with E-state index in [0.717, 1.165) is 5.56 Å². The van der Waals surface area contributed by atoms with Gasteiger partial charge in [0.15, 0.2) is 0 Å². The SMILES string of the molecule is COc1c(C)cc(C)c(F)c1C1(O)CC1. The van der Waals surface area contributed by atoms with Crippen LogP contribution in [-0.2, 0) is 5.60 Å². The van der Waals surface area contributed by atoms with Gasteiger partial charge < -0.3 is 9.84 Å². The number of halogens is 1. The van der Waals surface area contributed by atoms with E-state index in [9.17, 15) is 9.50 Å². The molecule has 0 spiro atoms. The van der Waals surface area contributed by atoms with Crippen LogP contribution >= 0.6 is 0 Å². The summed E-state index contributed by atoms with van der Waals surface area (Å²) in [6.45, 7) is 3.57. The van der Waals surface area contributed by atoms with Crippen LogP contribution in [0.1, 0.15) is 29.5 Å². The first kappa shape index (κ1) is 10.4. The van der Waals surface area contributed by atoms with Crippen molar-refractivity contribution in [1.29, 1.82) is 0 Å². The molecule has 1 saturated carbocycles. The minimum absolute atomic E-state index is 0.336. The molecule has 0 heterocycles. The number of rotatable bonds is 2. The van der Waals surface area contributed by atoms with Crippen LogP contribution in [0, 0.1) is 19.7 Å². The normalized spacial score (nSPS) is 17.7. The maximum Gasteiger partial charge on any atom is 0.135 e. The summed E-state index contributed by atoms with van der Waals surface area (Å²) in [5.41, 5.74) is 0.768. The molecule has 1 N–H and O–H groups in total. The van der Waals surface area contributed by atoms with Crippen LogP contribution in [-0.4, -0.2) is 12.2 Å². The fourth-order valence-electron chi connectivity index (χ4n) is 1.99. The van der Waals surface area contributed by atoms with E-state index in [0.29, 0.717) is 29.7 Å². The summed E-state index contributed by atoms with van der Waals surface area (Å²) in [5, 5.41) is 10.0. The van der Waals surface area contributed by atoms with Crippen LogP contribution in [0.4, 0.5) is 4.39 Å². The molecular weight excluding hydrogens is 195 g/mol. The van der Waals surface area contributed by atoms with Crippen molar-refractivity contribution < 1.29 is 14.2 Å². The van der Waals surface area contributed by atoms with Crippen molar-refractivity contribution in [2.75, 3.05) is 7.11 Å². The van der Waals surface area contributed by atoms with E-state index in [1.807, 2.05) is 6.92 Å². The molecule has 1 aromatic rings. The molecule has 0 aliphatic heterocycles. The zero-order valence-electron chi connectivity index (χ0n) is 9.22. The van der Waals surface area contributed by atoms with Gasteiger partial charge in [0.25, 0.3) is 0 Å². The molecule has 2 rings (SSSR count). The van der Waals surface area contributed by atoms with E-state index < -0.39 is 5.60 Å². The van der Waals surface area contributed by atoms with E-state index in [4.69, 9.17) is 4.74 Å². The van der Waals surface area contributed by atoms with Crippen LogP contribution in [0.5, 0.6) is 5.75 Å². The number of aryl methyl sites for hydroxylation is 2. The molecule has 1 aliphatic carbocycles. The van der Waals surface area contributed by atoms with Gasteiger partial charge in [0.1, 0.15) is 11.6 Å². The number of hydrogen-bond donors (Lipinski definition) is 1. The monoisotopic (exact) mass is 210 g/mol. The van der Waals surface area contributed by atoms with Gasteiger partial charge in [-0.15, -0.1) is 0 Å². The van der Waals surface area contributed by atoms with Gasteiger partial charge >= 0.3 is 0 Å². The summed E-state index contributed by atoms with van der Waals surface area (Å²) in [7, 11) is 1.51. The lowest BCUT2D eigenvalue weighted by Crippen LogP contribution is -2.12. The first-order valence-electron chi connectivity index (χ1n) is 5.06. The minimum atomic E-state index is -0.994. The molecule has 0 atom stereocenters. The summed E-state index contributed by atoms with van der Waals surface area (Å²) in [6.07, 6.45) is 1.23. The van der Waals surface area contributed by atoms with Crippen molar-refractivity contribution in [3.05, 3.63) is 28.6 Å². The summed E-state index contributed by atoms with van der Waals surface area (Å²) in [4.78, 5) is 0. The van der Waals surface area contributed by atoms with Gasteiger partial charge in [-0.25, -0.2) is 4.39 Å². The number of aliphatic hydroxyl groups is 1. The van der Waals surface area contributed by atoms with Crippen LogP contribution < -0.4 is 4.74 Å². The fraction of sp³-hybridized carbons (Fsp3) is 0.500. The molecule has 2 nitrogen and oxygen atoms in total. The number of benzene rings is 1. The first-order valence-corrected chi connectivity index (χ1v) is 5.06. The Balaban J connectivity index is 2.68. The highest BCUT2D eigenvalue weighted by atomic mass is 19.1. The van der Waals surface area contributed by atoms with Crippen LogP contribution in [0.15, 0.2) is 6.07 Å². The second-order valence-corrected chi connectivity index (χ2v) is 4.26. The van der Waals surface area contributed by atoms with Gasteiger partial charge in [-0.3, -0.25) is 0 Å². The summed E-state index contributed by atoms with van der Waals surface area (Å²) in [5.74, 6) is 0.149.